The van der Waals surface area contributed by atoms with Gasteiger partial charge in [-0.3, -0.25) is 4.79 Å². The summed E-state index contributed by atoms with van der Waals surface area (Å²) in [6, 6.07) is 8.37. The Morgan fingerprint density at radius 2 is 1.92 bits per heavy atom. The number of benzene rings is 1. The lowest BCUT2D eigenvalue weighted by Crippen LogP contribution is -2.52. The molecule has 0 bridgehead atoms. The van der Waals surface area contributed by atoms with Gasteiger partial charge in [-0.2, -0.15) is 0 Å². The van der Waals surface area contributed by atoms with Crippen LogP contribution in [0.4, 0.5) is 0 Å². The summed E-state index contributed by atoms with van der Waals surface area (Å²) in [5.41, 5.74) is 7.39. The van der Waals surface area contributed by atoms with E-state index >= 15 is 0 Å². The Morgan fingerprint density at radius 1 is 1.23 bits per heavy atom. The maximum atomic E-state index is 12.5. The number of piperidine rings is 1. The Labute approximate surface area is 171 Å². The molecule has 146 valence electrons. The Balaban J connectivity index is 0.00000243. The summed E-state index contributed by atoms with van der Waals surface area (Å²) in [5, 5.41) is 0. The molecule has 3 rings (SSSR count). The van der Waals surface area contributed by atoms with Crippen molar-refractivity contribution < 1.29 is 9.53 Å². The van der Waals surface area contributed by atoms with Gasteiger partial charge in [0.05, 0.1) is 4.58 Å². The van der Waals surface area contributed by atoms with Gasteiger partial charge in [0, 0.05) is 18.6 Å². The van der Waals surface area contributed by atoms with Crippen molar-refractivity contribution in [2.75, 3.05) is 24.7 Å². The van der Waals surface area contributed by atoms with E-state index in [1.165, 1.54) is 23.5 Å². The van der Waals surface area contributed by atoms with Crippen molar-refractivity contribution in [2.45, 2.75) is 49.3 Å². The number of hydrogen-bond acceptors (Lipinski definition) is 5. The van der Waals surface area contributed by atoms with Gasteiger partial charge in [0.1, 0.15) is 5.75 Å². The number of amides is 1. The molecular formula is C19H29ClN2O2S2. The lowest BCUT2D eigenvalue weighted by Gasteiger charge is -2.38. The third-order valence-electron chi connectivity index (χ3n) is 4.82. The van der Waals surface area contributed by atoms with Crippen LogP contribution in [0, 0.1) is 0 Å². The Hall–Kier alpha value is -0.560. The van der Waals surface area contributed by atoms with Gasteiger partial charge in [0.15, 0.2) is 6.61 Å². The average molecular weight is 417 g/mol. The van der Waals surface area contributed by atoms with Gasteiger partial charge in [-0.15, -0.1) is 35.9 Å². The Morgan fingerprint density at radius 3 is 2.58 bits per heavy atom. The van der Waals surface area contributed by atoms with Crippen LogP contribution in [0.15, 0.2) is 24.3 Å². The van der Waals surface area contributed by atoms with Crippen molar-refractivity contribution in [3.8, 4) is 5.75 Å². The van der Waals surface area contributed by atoms with E-state index in [9.17, 15) is 4.79 Å². The number of rotatable bonds is 5. The minimum Gasteiger partial charge on any atom is -0.484 e. The fraction of sp³-hybridized carbons (Fsp3) is 0.632. The van der Waals surface area contributed by atoms with Crippen LogP contribution in [0.5, 0.6) is 5.75 Å². The first-order valence-corrected chi connectivity index (χ1v) is 11.3. The fourth-order valence-corrected chi connectivity index (χ4v) is 6.34. The summed E-state index contributed by atoms with van der Waals surface area (Å²) < 4.78 is 6.28. The molecule has 0 spiro atoms. The van der Waals surface area contributed by atoms with Gasteiger partial charge in [0.25, 0.3) is 5.91 Å². The molecule has 2 heterocycles. The SMILES string of the molecule is CC(N)C1CCCCN1C(=O)COc1ccc(C2SCCCS2)cc1.Cl. The highest BCUT2D eigenvalue weighted by Gasteiger charge is 2.29. The minimum atomic E-state index is 0. The molecule has 2 aliphatic rings. The number of ether oxygens (including phenoxy) is 1. The van der Waals surface area contributed by atoms with Crippen molar-refractivity contribution in [3.05, 3.63) is 29.8 Å². The number of carbonyl (C=O) groups excluding carboxylic acids is 1. The molecule has 26 heavy (non-hydrogen) atoms. The zero-order chi connectivity index (χ0) is 17.6. The quantitative estimate of drug-likeness (QED) is 0.783. The molecule has 0 aliphatic carbocycles. The van der Waals surface area contributed by atoms with Crippen LogP contribution in [0.2, 0.25) is 0 Å². The van der Waals surface area contributed by atoms with Gasteiger partial charge in [0.2, 0.25) is 0 Å². The Bertz CT molecular complexity index is 565. The topological polar surface area (TPSA) is 55.6 Å². The van der Waals surface area contributed by atoms with Gasteiger partial charge in [-0.25, -0.2) is 0 Å². The molecule has 2 atom stereocenters. The normalized spacial score (nSPS) is 22.4. The second-order valence-electron chi connectivity index (χ2n) is 6.79. The van der Waals surface area contributed by atoms with Crippen molar-refractivity contribution in [1.82, 2.24) is 4.90 Å². The second kappa shape index (κ2) is 10.7. The van der Waals surface area contributed by atoms with Crippen LogP contribution >= 0.6 is 35.9 Å². The third kappa shape index (κ3) is 5.72. The molecule has 2 aliphatic heterocycles. The zero-order valence-electron chi connectivity index (χ0n) is 15.3. The van der Waals surface area contributed by atoms with E-state index in [2.05, 4.69) is 12.1 Å². The number of likely N-dealkylation sites (tertiary alicyclic amines) is 1. The van der Waals surface area contributed by atoms with Gasteiger partial charge < -0.3 is 15.4 Å². The predicted octanol–water partition coefficient (Wildman–Crippen LogP) is 4.08. The Kier molecular flexibility index (Phi) is 8.94. The highest BCUT2D eigenvalue weighted by atomic mass is 35.5. The molecule has 2 N–H and O–H groups in total. The third-order valence-corrected chi connectivity index (χ3v) is 7.83. The van der Waals surface area contributed by atoms with Crippen molar-refractivity contribution in [3.63, 3.8) is 0 Å². The number of nitrogens with two attached hydrogens (primary N) is 1. The average Bonchev–Trinajstić information content (AvgIpc) is 2.67. The highest BCUT2D eigenvalue weighted by molar-refractivity contribution is 8.16. The molecule has 2 saturated heterocycles. The monoisotopic (exact) mass is 416 g/mol. The number of nitrogens with zero attached hydrogens (tertiary/aromatic N) is 1. The highest BCUT2D eigenvalue weighted by Crippen LogP contribution is 2.43. The smallest absolute Gasteiger partial charge is 0.260 e. The van der Waals surface area contributed by atoms with Crippen molar-refractivity contribution in [2.24, 2.45) is 5.73 Å². The van der Waals surface area contributed by atoms with E-state index in [1.807, 2.05) is 47.5 Å². The molecule has 4 nitrogen and oxygen atoms in total. The molecule has 2 unspecified atom stereocenters. The first-order chi connectivity index (χ1) is 12.1. The van der Waals surface area contributed by atoms with E-state index in [-0.39, 0.29) is 37.0 Å². The van der Waals surface area contributed by atoms with Crippen LogP contribution in [0.25, 0.3) is 0 Å². The molecule has 0 radical (unpaired) electrons. The molecule has 1 aromatic carbocycles. The number of carbonyl (C=O) groups is 1. The van der Waals surface area contributed by atoms with Gasteiger partial charge >= 0.3 is 0 Å². The first-order valence-electron chi connectivity index (χ1n) is 9.16. The maximum Gasteiger partial charge on any atom is 0.260 e. The summed E-state index contributed by atoms with van der Waals surface area (Å²) >= 11 is 4.02. The van der Waals surface area contributed by atoms with Gasteiger partial charge in [-0.05, 0) is 61.8 Å². The largest absolute Gasteiger partial charge is 0.484 e. The molecule has 2 fully saturated rings. The lowest BCUT2D eigenvalue weighted by atomic mass is 9.97. The molecule has 1 amide bonds. The molecule has 0 aromatic heterocycles. The second-order valence-corrected chi connectivity index (χ2v) is 9.52. The van der Waals surface area contributed by atoms with E-state index in [0.29, 0.717) is 4.58 Å². The van der Waals surface area contributed by atoms with E-state index in [0.717, 1.165) is 31.6 Å². The first kappa shape index (κ1) is 21.7. The summed E-state index contributed by atoms with van der Waals surface area (Å²) in [6.07, 6.45) is 4.50. The summed E-state index contributed by atoms with van der Waals surface area (Å²) in [6.45, 7) is 2.87. The van der Waals surface area contributed by atoms with E-state index in [1.54, 1.807) is 0 Å². The molecule has 0 saturated carbocycles. The summed E-state index contributed by atoms with van der Waals surface area (Å²) in [7, 11) is 0. The number of hydrogen-bond donors (Lipinski definition) is 1. The summed E-state index contributed by atoms with van der Waals surface area (Å²) in [5.74, 6) is 3.28. The van der Waals surface area contributed by atoms with Crippen LogP contribution < -0.4 is 10.5 Å². The number of thioether (sulfide) groups is 2. The molecule has 1 aromatic rings. The van der Waals surface area contributed by atoms with Crippen molar-refractivity contribution >= 4 is 41.8 Å². The van der Waals surface area contributed by atoms with Crippen LogP contribution in [0.3, 0.4) is 0 Å². The van der Waals surface area contributed by atoms with E-state index < -0.39 is 0 Å². The number of halogens is 1. The molecular weight excluding hydrogens is 388 g/mol. The van der Waals surface area contributed by atoms with Crippen LogP contribution in [0.1, 0.15) is 42.8 Å². The fourth-order valence-electron chi connectivity index (χ4n) is 3.44. The van der Waals surface area contributed by atoms with Crippen LogP contribution in [-0.2, 0) is 4.79 Å². The van der Waals surface area contributed by atoms with Gasteiger partial charge in [-0.1, -0.05) is 12.1 Å². The zero-order valence-corrected chi connectivity index (χ0v) is 17.7. The lowest BCUT2D eigenvalue weighted by molar-refractivity contribution is -0.137. The van der Waals surface area contributed by atoms with Crippen molar-refractivity contribution in [1.29, 1.82) is 0 Å². The maximum absolute atomic E-state index is 12.5. The molecule has 7 heteroatoms. The standard InChI is InChI=1S/C19H28N2O2S2.ClH/c1-14(20)17-5-2-3-10-21(17)18(22)13-23-16-8-6-15(7-9-16)19-24-11-4-12-25-19;/h6-9,14,17,19H,2-5,10-13,20H2,1H3;1H. The van der Waals surface area contributed by atoms with E-state index in [4.69, 9.17) is 10.5 Å². The summed E-state index contributed by atoms with van der Waals surface area (Å²) in [4.78, 5) is 14.5. The van der Waals surface area contributed by atoms with Crippen LogP contribution in [-0.4, -0.2) is 47.5 Å². The predicted molar refractivity (Wildman–Crippen MR) is 114 cm³/mol. The minimum absolute atomic E-state index is 0.